The van der Waals surface area contributed by atoms with Crippen LogP contribution in [0.5, 0.6) is 0 Å². The number of nitrogens with zero attached hydrogens (tertiary/aromatic N) is 2. The molecule has 1 unspecified atom stereocenters. The molecule has 32 heavy (non-hydrogen) atoms. The summed E-state index contributed by atoms with van der Waals surface area (Å²) in [4.78, 5) is 28.1. The van der Waals surface area contributed by atoms with Gasteiger partial charge in [0.05, 0.1) is 11.6 Å². The molecule has 2 bridgehead atoms. The number of aliphatic hydroxyl groups is 2. The van der Waals surface area contributed by atoms with Gasteiger partial charge in [-0.2, -0.15) is 0 Å². The number of carbonyl (C=O) groups excluding carboxylic acids is 2. The number of nitrogens with one attached hydrogen (secondary N) is 1. The van der Waals surface area contributed by atoms with E-state index in [1.165, 1.54) is 16.7 Å². The lowest BCUT2D eigenvalue weighted by Crippen LogP contribution is -2.55. The number of halogens is 4. The van der Waals surface area contributed by atoms with Gasteiger partial charge in [-0.25, -0.2) is 17.6 Å². The molecule has 2 fully saturated rings. The topological polar surface area (TPSA) is 93.1 Å². The van der Waals surface area contributed by atoms with Gasteiger partial charge in [-0.05, 0) is 13.3 Å². The molecule has 1 aromatic carbocycles. The zero-order valence-corrected chi connectivity index (χ0v) is 17.0. The van der Waals surface area contributed by atoms with Gasteiger partial charge in [0.15, 0.2) is 5.76 Å². The van der Waals surface area contributed by atoms with E-state index in [9.17, 15) is 37.4 Å². The Bertz CT molecular complexity index is 1030. The van der Waals surface area contributed by atoms with Crippen LogP contribution < -0.4 is 5.32 Å². The summed E-state index contributed by atoms with van der Waals surface area (Å²) in [6, 6.07) is 0.334. The van der Waals surface area contributed by atoms with Crippen LogP contribution in [0.4, 0.5) is 17.6 Å². The molecular weight excluding hydrogens is 434 g/mol. The summed E-state index contributed by atoms with van der Waals surface area (Å²) in [6.07, 6.45) is -0.605. The lowest BCUT2D eigenvalue weighted by atomic mass is 9.93. The molecule has 0 saturated carbocycles. The van der Waals surface area contributed by atoms with Crippen LogP contribution in [0.2, 0.25) is 0 Å². The Balaban J connectivity index is 1.61. The van der Waals surface area contributed by atoms with E-state index in [1.807, 2.05) is 0 Å². The van der Waals surface area contributed by atoms with Crippen LogP contribution in [0.3, 0.4) is 0 Å². The number of aliphatic hydroxyl groups excluding tert-OH is 2. The molecule has 3 heterocycles. The van der Waals surface area contributed by atoms with Crippen molar-refractivity contribution in [3.63, 3.8) is 0 Å². The van der Waals surface area contributed by atoms with E-state index >= 15 is 0 Å². The number of hydrogen-bond donors (Lipinski definition) is 3. The van der Waals surface area contributed by atoms with E-state index in [2.05, 4.69) is 5.32 Å². The third-order valence-electron chi connectivity index (χ3n) is 6.00. The van der Waals surface area contributed by atoms with Crippen LogP contribution >= 0.6 is 0 Å². The smallest absolute Gasteiger partial charge is 0.274 e. The molecule has 0 spiro atoms. The van der Waals surface area contributed by atoms with Crippen LogP contribution in [-0.4, -0.2) is 62.7 Å². The van der Waals surface area contributed by atoms with Crippen LogP contribution in [0, 0.1) is 17.5 Å². The minimum atomic E-state index is -1.87. The molecule has 11 heteroatoms. The Morgan fingerprint density at radius 2 is 1.94 bits per heavy atom. The summed E-state index contributed by atoms with van der Waals surface area (Å²) < 4.78 is 55.5. The fourth-order valence-electron chi connectivity index (χ4n) is 4.29. The molecule has 2 saturated heterocycles. The average molecular weight is 455 g/mol. The zero-order valence-electron chi connectivity index (χ0n) is 17.0. The van der Waals surface area contributed by atoms with Gasteiger partial charge in [-0.15, -0.1) is 0 Å². The van der Waals surface area contributed by atoms with Crippen molar-refractivity contribution >= 4 is 11.8 Å². The lowest BCUT2D eigenvalue weighted by Gasteiger charge is -2.43. The predicted molar refractivity (Wildman–Crippen MR) is 103 cm³/mol. The van der Waals surface area contributed by atoms with Crippen molar-refractivity contribution in [2.45, 2.75) is 44.1 Å². The van der Waals surface area contributed by atoms with Crippen molar-refractivity contribution in [1.82, 2.24) is 15.1 Å². The third-order valence-corrected chi connectivity index (χ3v) is 6.00. The number of fused-ring (bicyclic) bond motifs is 4. The van der Waals surface area contributed by atoms with Gasteiger partial charge in [0.1, 0.15) is 34.9 Å². The van der Waals surface area contributed by atoms with E-state index in [4.69, 9.17) is 0 Å². The van der Waals surface area contributed by atoms with Crippen LogP contribution in [0.25, 0.3) is 0 Å². The maximum atomic E-state index is 14.8. The average Bonchev–Trinajstić information content (AvgIpc) is 2.84. The molecule has 0 aliphatic carbocycles. The van der Waals surface area contributed by atoms with Gasteiger partial charge in [0.25, 0.3) is 11.8 Å². The molecule has 4 rings (SSSR count). The van der Waals surface area contributed by atoms with Crippen molar-refractivity contribution in [3.05, 3.63) is 58.4 Å². The number of piperazine rings is 1. The summed E-state index contributed by atoms with van der Waals surface area (Å²) in [7, 11) is 0. The number of rotatable bonds is 3. The molecule has 3 atom stereocenters. The molecule has 3 aliphatic heterocycles. The normalized spacial score (nSPS) is 27.7. The number of hydrogen-bond acceptors (Lipinski definition) is 5. The Morgan fingerprint density at radius 1 is 1.28 bits per heavy atom. The largest absolute Gasteiger partial charge is 0.507 e. The van der Waals surface area contributed by atoms with Crippen molar-refractivity contribution < 1.29 is 37.4 Å². The monoisotopic (exact) mass is 455 g/mol. The second kappa shape index (κ2) is 7.80. The molecule has 0 aromatic heterocycles. The molecule has 3 aliphatic rings. The van der Waals surface area contributed by atoms with Crippen LogP contribution in [0.15, 0.2) is 35.4 Å². The van der Waals surface area contributed by atoms with Crippen LogP contribution in [0.1, 0.15) is 25.3 Å². The Morgan fingerprint density at radius 3 is 2.59 bits per heavy atom. The quantitative estimate of drug-likeness (QED) is 0.605. The van der Waals surface area contributed by atoms with E-state index in [1.54, 1.807) is 0 Å². The maximum Gasteiger partial charge on any atom is 0.274 e. The van der Waals surface area contributed by atoms with Crippen molar-refractivity contribution in [2.24, 2.45) is 0 Å². The van der Waals surface area contributed by atoms with E-state index in [-0.39, 0.29) is 37.2 Å². The van der Waals surface area contributed by atoms with E-state index < -0.39 is 64.9 Å². The summed E-state index contributed by atoms with van der Waals surface area (Å²) in [5.74, 6) is -5.85. The fraction of sp³-hybridized carbons (Fsp3) is 0.429. The molecule has 3 N–H and O–H groups in total. The predicted octanol–water partition coefficient (Wildman–Crippen LogP) is 1.78. The second-order valence-corrected chi connectivity index (χ2v) is 8.43. The minimum absolute atomic E-state index is 0.0149. The summed E-state index contributed by atoms with van der Waals surface area (Å²) in [5.41, 5.74) is -2.81. The molecule has 2 amide bonds. The molecule has 7 nitrogen and oxygen atoms in total. The van der Waals surface area contributed by atoms with E-state index in [0.29, 0.717) is 12.1 Å². The van der Waals surface area contributed by atoms with Gasteiger partial charge < -0.3 is 25.3 Å². The van der Waals surface area contributed by atoms with Gasteiger partial charge >= 0.3 is 0 Å². The molecular formula is C21H21F4N3O4. The molecule has 172 valence electrons. The highest BCUT2D eigenvalue weighted by Gasteiger charge is 2.47. The van der Waals surface area contributed by atoms with Crippen LogP contribution in [-0.2, 0) is 16.1 Å². The summed E-state index contributed by atoms with van der Waals surface area (Å²) in [6.45, 7) is 1.07. The van der Waals surface area contributed by atoms with Gasteiger partial charge in [0.2, 0.25) is 0 Å². The second-order valence-electron chi connectivity index (χ2n) is 8.43. The van der Waals surface area contributed by atoms with E-state index in [0.717, 1.165) is 6.20 Å². The van der Waals surface area contributed by atoms with Crippen molar-refractivity contribution in [2.75, 3.05) is 13.1 Å². The highest BCUT2D eigenvalue weighted by atomic mass is 19.2. The Kier molecular flexibility index (Phi) is 5.40. The standard InChI is InChI=1S/C21H21F4N3O4/c1-21(25)2-3-27-8-11(6-21)28-9-13(17(29)18(30)16(28)20(27)32)19(31)26-7-12-14(23)4-10(22)5-15(12)24/h4-5,9,11,17,29-30H,2-3,6-8H2,1H3,(H,26,31)/t11-,17?,21+/m0/s1. The lowest BCUT2D eigenvalue weighted by molar-refractivity contribution is -0.133. The number of amides is 2. The highest BCUT2D eigenvalue weighted by molar-refractivity contribution is 5.99. The number of benzene rings is 1. The minimum Gasteiger partial charge on any atom is -0.507 e. The SMILES string of the molecule is C[C@@]1(F)CCN2C[C@H](C1)N1C=C(C(=O)NCc3c(F)cc(F)cc3F)C(O)C(O)=C1C2=O. The zero-order chi connectivity index (χ0) is 23.4. The third kappa shape index (κ3) is 3.81. The van der Waals surface area contributed by atoms with Gasteiger partial charge in [-0.1, -0.05) is 0 Å². The number of carbonyl (C=O) groups is 2. The highest BCUT2D eigenvalue weighted by Crippen LogP contribution is 2.38. The Hall–Kier alpha value is -3.08. The summed E-state index contributed by atoms with van der Waals surface area (Å²) >= 11 is 0. The van der Waals surface area contributed by atoms with Gasteiger partial charge in [-0.3, -0.25) is 9.59 Å². The molecule has 0 radical (unpaired) electrons. The van der Waals surface area contributed by atoms with Crippen molar-refractivity contribution in [3.8, 4) is 0 Å². The first kappa shape index (κ1) is 22.1. The van der Waals surface area contributed by atoms with Gasteiger partial charge in [0, 0.05) is 50.0 Å². The first-order chi connectivity index (χ1) is 15.0. The Labute approximate surface area is 180 Å². The summed E-state index contributed by atoms with van der Waals surface area (Å²) in [5, 5.41) is 23.2. The first-order valence-corrected chi connectivity index (χ1v) is 9.99. The first-order valence-electron chi connectivity index (χ1n) is 9.99. The van der Waals surface area contributed by atoms with Crippen molar-refractivity contribution in [1.29, 1.82) is 0 Å². The number of alkyl halides is 1. The maximum absolute atomic E-state index is 14.8. The fourth-order valence-corrected chi connectivity index (χ4v) is 4.29. The molecule has 1 aromatic rings.